The lowest BCUT2D eigenvalue weighted by Crippen LogP contribution is -2.21. The summed E-state index contributed by atoms with van der Waals surface area (Å²) in [7, 11) is 0. The molecule has 0 atom stereocenters. The number of hydrogen-bond donors (Lipinski definition) is 0. The molecule has 8 heteroatoms. The zero-order valence-corrected chi connectivity index (χ0v) is 17.1. The SMILES string of the molecule is CCOCCn1c(=NC(=O)c2cc3ccccc3oc2=O)sc2cccc(Cl)c21. The Kier molecular flexibility index (Phi) is 5.62. The van der Waals surface area contributed by atoms with Crippen molar-refractivity contribution in [1.82, 2.24) is 4.57 Å². The van der Waals surface area contributed by atoms with E-state index in [2.05, 4.69) is 4.99 Å². The Hall–Kier alpha value is -2.74. The van der Waals surface area contributed by atoms with Crippen molar-refractivity contribution >= 4 is 50.0 Å². The van der Waals surface area contributed by atoms with Gasteiger partial charge in [-0.25, -0.2) is 4.79 Å². The standard InChI is InChI=1S/C21H17ClN2O4S/c1-2-27-11-10-24-18-15(22)7-5-9-17(18)29-21(24)23-19(25)14-12-13-6-3-4-8-16(13)28-20(14)26/h3-9,12H,2,10-11H2,1H3. The highest BCUT2D eigenvalue weighted by molar-refractivity contribution is 7.16. The number of aromatic nitrogens is 1. The van der Waals surface area contributed by atoms with Gasteiger partial charge < -0.3 is 13.7 Å². The van der Waals surface area contributed by atoms with E-state index in [4.69, 9.17) is 20.8 Å². The summed E-state index contributed by atoms with van der Waals surface area (Å²) in [6.45, 7) is 3.43. The highest BCUT2D eigenvalue weighted by Gasteiger charge is 2.15. The summed E-state index contributed by atoms with van der Waals surface area (Å²) in [6, 6.07) is 14.1. The van der Waals surface area contributed by atoms with E-state index in [-0.39, 0.29) is 5.56 Å². The van der Waals surface area contributed by atoms with Crippen molar-refractivity contribution < 1.29 is 13.9 Å². The van der Waals surface area contributed by atoms with Gasteiger partial charge >= 0.3 is 5.63 Å². The molecule has 0 fully saturated rings. The lowest BCUT2D eigenvalue weighted by molar-refractivity contribution is 0.0993. The predicted molar refractivity (Wildman–Crippen MR) is 114 cm³/mol. The number of carbonyl (C=O) groups is 1. The van der Waals surface area contributed by atoms with Crippen molar-refractivity contribution in [2.75, 3.05) is 13.2 Å². The first kappa shape index (κ1) is 19.6. The second kappa shape index (κ2) is 8.32. The van der Waals surface area contributed by atoms with Crippen LogP contribution in [0.15, 0.2) is 62.7 Å². The molecule has 148 valence electrons. The lowest BCUT2D eigenvalue weighted by atomic mass is 10.2. The Morgan fingerprint density at radius 2 is 2.07 bits per heavy atom. The molecule has 0 unspecified atom stereocenters. The number of ether oxygens (including phenoxy) is 1. The number of halogens is 1. The van der Waals surface area contributed by atoms with Gasteiger partial charge in [0.1, 0.15) is 11.1 Å². The summed E-state index contributed by atoms with van der Waals surface area (Å²) in [6.07, 6.45) is 0. The highest BCUT2D eigenvalue weighted by Crippen LogP contribution is 2.25. The van der Waals surface area contributed by atoms with E-state index in [1.807, 2.05) is 29.7 Å². The van der Waals surface area contributed by atoms with Gasteiger partial charge in [-0.1, -0.05) is 47.2 Å². The molecule has 0 aliphatic heterocycles. The maximum atomic E-state index is 12.8. The molecule has 0 saturated heterocycles. The Labute approximate surface area is 174 Å². The number of benzene rings is 2. The fraction of sp³-hybridized carbons (Fsp3) is 0.190. The van der Waals surface area contributed by atoms with Gasteiger partial charge in [0, 0.05) is 18.5 Å². The summed E-state index contributed by atoms with van der Waals surface area (Å²) in [5.74, 6) is -0.655. The normalized spacial score (nSPS) is 12.1. The number of thiazole rings is 1. The van der Waals surface area contributed by atoms with E-state index in [0.717, 1.165) is 10.2 Å². The maximum absolute atomic E-state index is 12.8. The first-order valence-electron chi connectivity index (χ1n) is 9.06. The number of hydrogen-bond acceptors (Lipinski definition) is 5. The third kappa shape index (κ3) is 3.89. The fourth-order valence-electron chi connectivity index (χ4n) is 3.04. The molecule has 0 aliphatic carbocycles. The zero-order valence-electron chi connectivity index (χ0n) is 15.6. The van der Waals surface area contributed by atoms with E-state index in [9.17, 15) is 9.59 Å². The van der Waals surface area contributed by atoms with Crippen LogP contribution in [-0.4, -0.2) is 23.7 Å². The summed E-state index contributed by atoms with van der Waals surface area (Å²) >= 11 is 7.72. The summed E-state index contributed by atoms with van der Waals surface area (Å²) in [5, 5.41) is 1.23. The van der Waals surface area contributed by atoms with Crippen molar-refractivity contribution in [2.45, 2.75) is 13.5 Å². The second-order valence-electron chi connectivity index (χ2n) is 6.22. The maximum Gasteiger partial charge on any atom is 0.349 e. The van der Waals surface area contributed by atoms with E-state index in [1.54, 1.807) is 24.3 Å². The molecule has 0 N–H and O–H groups in total. The quantitative estimate of drug-likeness (QED) is 0.352. The third-order valence-corrected chi connectivity index (χ3v) is 5.73. The highest BCUT2D eigenvalue weighted by atomic mass is 35.5. The fourth-order valence-corrected chi connectivity index (χ4v) is 4.45. The van der Waals surface area contributed by atoms with E-state index < -0.39 is 11.5 Å². The van der Waals surface area contributed by atoms with Crippen LogP contribution in [-0.2, 0) is 11.3 Å². The van der Waals surface area contributed by atoms with Crippen LogP contribution in [0.2, 0.25) is 5.02 Å². The van der Waals surface area contributed by atoms with Gasteiger partial charge in [-0.15, -0.1) is 0 Å². The van der Waals surface area contributed by atoms with Gasteiger partial charge in [0.05, 0.1) is 21.8 Å². The molecule has 2 heterocycles. The van der Waals surface area contributed by atoms with Crippen LogP contribution >= 0.6 is 22.9 Å². The first-order valence-corrected chi connectivity index (χ1v) is 10.3. The van der Waals surface area contributed by atoms with Crippen molar-refractivity contribution in [3.63, 3.8) is 0 Å². The van der Waals surface area contributed by atoms with E-state index >= 15 is 0 Å². The van der Waals surface area contributed by atoms with Gasteiger partial charge in [-0.05, 0) is 31.2 Å². The van der Waals surface area contributed by atoms with Crippen LogP contribution in [0, 0.1) is 0 Å². The molecule has 2 aromatic heterocycles. The molecule has 4 rings (SSSR count). The second-order valence-corrected chi connectivity index (χ2v) is 7.64. The molecule has 0 spiro atoms. The van der Waals surface area contributed by atoms with E-state index in [0.29, 0.717) is 40.6 Å². The van der Waals surface area contributed by atoms with Crippen molar-refractivity contribution in [3.8, 4) is 0 Å². The zero-order chi connectivity index (χ0) is 20.4. The average molecular weight is 429 g/mol. The topological polar surface area (TPSA) is 73.8 Å². The van der Waals surface area contributed by atoms with Crippen LogP contribution in [0.4, 0.5) is 0 Å². The minimum Gasteiger partial charge on any atom is -0.422 e. The summed E-state index contributed by atoms with van der Waals surface area (Å²) in [4.78, 5) is 29.8. The third-order valence-electron chi connectivity index (χ3n) is 4.38. The van der Waals surface area contributed by atoms with Crippen LogP contribution < -0.4 is 10.4 Å². The molecule has 2 aromatic carbocycles. The Morgan fingerprint density at radius 1 is 1.24 bits per heavy atom. The molecule has 0 bridgehead atoms. The molecular weight excluding hydrogens is 412 g/mol. The summed E-state index contributed by atoms with van der Waals surface area (Å²) < 4.78 is 13.5. The largest absolute Gasteiger partial charge is 0.422 e. The smallest absolute Gasteiger partial charge is 0.349 e. The van der Waals surface area contributed by atoms with Gasteiger partial charge in [-0.2, -0.15) is 4.99 Å². The molecule has 6 nitrogen and oxygen atoms in total. The van der Waals surface area contributed by atoms with E-state index in [1.165, 1.54) is 17.4 Å². The molecule has 4 aromatic rings. The Balaban J connectivity index is 1.84. The first-order chi connectivity index (χ1) is 14.1. The predicted octanol–water partition coefficient (Wildman–Crippen LogP) is 4.24. The molecule has 0 radical (unpaired) electrons. The van der Waals surface area contributed by atoms with Gasteiger partial charge in [0.15, 0.2) is 4.80 Å². The Morgan fingerprint density at radius 3 is 2.90 bits per heavy atom. The molecule has 0 saturated carbocycles. The van der Waals surface area contributed by atoms with Gasteiger partial charge in [-0.3, -0.25) is 4.79 Å². The minimum atomic E-state index is -0.711. The Bertz CT molecular complexity index is 1340. The number of carbonyl (C=O) groups excluding carboxylic acids is 1. The lowest BCUT2D eigenvalue weighted by Gasteiger charge is -2.06. The average Bonchev–Trinajstić information content (AvgIpc) is 3.06. The summed E-state index contributed by atoms with van der Waals surface area (Å²) in [5.41, 5.74) is 0.395. The molecule has 1 amide bonds. The van der Waals surface area contributed by atoms with Gasteiger partial charge in [0.2, 0.25) is 0 Å². The minimum absolute atomic E-state index is 0.108. The number of para-hydroxylation sites is 2. The number of nitrogens with zero attached hydrogens (tertiary/aromatic N) is 2. The van der Waals surface area contributed by atoms with Crippen LogP contribution in [0.3, 0.4) is 0 Å². The van der Waals surface area contributed by atoms with Crippen molar-refractivity contribution in [2.24, 2.45) is 4.99 Å². The number of rotatable bonds is 5. The molecular formula is C21H17ClN2O4S. The number of fused-ring (bicyclic) bond motifs is 2. The number of amides is 1. The van der Waals surface area contributed by atoms with Crippen LogP contribution in [0.1, 0.15) is 17.3 Å². The molecule has 29 heavy (non-hydrogen) atoms. The monoisotopic (exact) mass is 428 g/mol. The van der Waals surface area contributed by atoms with Gasteiger partial charge in [0.25, 0.3) is 5.91 Å². The molecule has 0 aliphatic rings. The van der Waals surface area contributed by atoms with Crippen molar-refractivity contribution in [1.29, 1.82) is 0 Å². The van der Waals surface area contributed by atoms with Crippen molar-refractivity contribution in [3.05, 3.63) is 74.3 Å². The van der Waals surface area contributed by atoms with Crippen LogP contribution in [0.25, 0.3) is 21.2 Å². The van der Waals surface area contributed by atoms with Crippen LogP contribution in [0.5, 0.6) is 0 Å².